The van der Waals surface area contributed by atoms with Gasteiger partial charge in [0.25, 0.3) is 0 Å². The standard InChI is InChI=1S/C22H28O6/c1-13-5-6-18-21(3,16(13)11-17(24)15-8-10-27-12-15)9-7-19(28-14(2)23)22(18,4)20(25)26/h8,10,12,16,18-19H,1,5-7,9,11H2,2-4H3,(H,25,26)/t16-,18+,19-,21+,22-/m1/s1. The molecule has 28 heavy (non-hydrogen) atoms. The van der Waals surface area contributed by atoms with Crippen LogP contribution in [0.1, 0.15) is 63.2 Å². The highest BCUT2D eigenvalue weighted by molar-refractivity contribution is 5.96. The minimum atomic E-state index is -1.20. The molecule has 0 unspecified atom stereocenters. The van der Waals surface area contributed by atoms with Gasteiger partial charge in [0.05, 0.1) is 11.8 Å². The molecule has 2 fully saturated rings. The summed E-state index contributed by atoms with van der Waals surface area (Å²) in [5, 5.41) is 10.1. The van der Waals surface area contributed by atoms with Crippen molar-refractivity contribution in [3.8, 4) is 0 Å². The summed E-state index contributed by atoms with van der Waals surface area (Å²) in [6.07, 6.45) is 4.98. The van der Waals surface area contributed by atoms with Gasteiger partial charge in [-0.05, 0) is 55.9 Å². The topological polar surface area (TPSA) is 93.8 Å². The molecule has 2 aliphatic carbocycles. The van der Waals surface area contributed by atoms with E-state index in [9.17, 15) is 19.5 Å². The Labute approximate surface area is 164 Å². The molecule has 1 N–H and O–H groups in total. The first-order valence-electron chi connectivity index (χ1n) is 9.74. The zero-order chi connectivity index (χ0) is 20.7. The fourth-order valence-corrected chi connectivity index (χ4v) is 5.61. The van der Waals surface area contributed by atoms with Gasteiger partial charge in [-0.1, -0.05) is 19.1 Å². The first kappa shape index (κ1) is 20.4. The molecule has 1 aromatic heterocycles. The number of rotatable bonds is 5. The molecular weight excluding hydrogens is 360 g/mol. The number of carboxylic acid groups (broad SMARTS) is 1. The third kappa shape index (κ3) is 3.19. The number of furan rings is 1. The maximum absolute atomic E-state index is 12.8. The van der Waals surface area contributed by atoms with Crippen molar-refractivity contribution in [3.05, 3.63) is 36.3 Å². The monoisotopic (exact) mass is 388 g/mol. The number of ether oxygens (including phenoxy) is 1. The molecule has 152 valence electrons. The Morgan fingerprint density at radius 3 is 2.61 bits per heavy atom. The van der Waals surface area contributed by atoms with Crippen molar-refractivity contribution < 1.29 is 28.6 Å². The molecule has 0 aliphatic heterocycles. The van der Waals surface area contributed by atoms with Crippen LogP contribution >= 0.6 is 0 Å². The first-order valence-corrected chi connectivity index (χ1v) is 9.74. The van der Waals surface area contributed by atoms with Crippen LogP contribution in [0.25, 0.3) is 0 Å². The van der Waals surface area contributed by atoms with Crippen LogP contribution in [0.15, 0.2) is 35.2 Å². The van der Waals surface area contributed by atoms with Crippen molar-refractivity contribution in [3.63, 3.8) is 0 Å². The second kappa shape index (κ2) is 7.22. The number of fused-ring (bicyclic) bond motifs is 1. The van der Waals surface area contributed by atoms with Crippen molar-refractivity contribution in [2.45, 2.75) is 59.0 Å². The molecule has 6 nitrogen and oxygen atoms in total. The Balaban J connectivity index is 1.95. The van der Waals surface area contributed by atoms with Gasteiger partial charge < -0.3 is 14.3 Å². The minimum absolute atomic E-state index is 0.0269. The predicted molar refractivity (Wildman–Crippen MR) is 102 cm³/mol. The van der Waals surface area contributed by atoms with Crippen LogP contribution in [-0.2, 0) is 14.3 Å². The normalized spacial score (nSPS) is 35.1. The zero-order valence-corrected chi connectivity index (χ0v) is 16.7. The van der Waals surface area contributed by atoms with Crippen LogP contribution in [-0.4, -0.2) is 28.9 Å². The molecule has 1 heterocycles. The lowest BCUT2D eigenvalue weighted by molar-refractivity contribution is -0.194. The molecule has 2 aliphatic rings. The second-order valence-corrected chi connectivity index (χ2v) is 8.67. The molecule has 0 saturated heterocycles. The summed E-state index contributed by atoms with van der Waals surface area (Å²) in [5.74, 6) is -1.79. The molecule has 0 amide bonds. The molecule has 6 heteroatoms. The van der Waals surface area contributed by atoms with E-state index in [1.54, 1.807) is 13.0 Å². The van der Waals surface area contributed by atoms with Crippen LogP contribution < -0.4 is 0 Å². The number of aliphatic carboxylic acids is 1. The van der Waals surface area contributed by atoms with E-state index in [2.05, 4.69) is 13.5 Å². The maximum Gasteiger partial charge on any atom is 0.313 e. The van der Waals surface area contributed by atoms with Crippen LogP contribution in [0.2, 0.25) is 0 Å². The van der Waals surface area contributed by atoms with Gasteiger partial charge in [-0.25, -0.2) is 0 Å². The van der Waals surface area contributed by atoms with Crippen molar-refractivity contribution in [1.29, 1.82) is 0 Å². The molecule has 5 atom stereocenters. The van der Waals surface area contributed by atoms with Gasteiger partial charge in [-0.3, -0.25) is 14.4 Å². The summed E-state index contributed by atoms with van der Waals surface area (Å²) in [5.41, 5.74) is -0.0863. The number of hydrogen-bond acceptors (Lipinski definition) is 5. The van der Waals surface area contributed by atoms with Crippen LogP contribution in [0, 0.1) is 22.7 Å². The highest BCUT2D eigenvalue weighted by Crippen LogP contribution is 2.62. The summed E-state index contributed by atoms with van der Waals surface area (Å²) in [6, 6.07) is 1.65. The summed E-state index contributed by atoms with van der Waals surface area (Å²) in [4.78, 5) is 36.7. The molecule has 0 aromatic carbocycles. The number of allylic oxidation sites excluding steroid dienone is 1. The summed E-state index contributed by atoms with van der Waals surface area (Å²) in [7, 11) is 0. The van der Waals surface area contributed by atoms with Crippen LogP contribution in [0.3, 0.4) is 0 Å². The number of carbonyl (C=O) groups is 3. The number of carbonyl (C=O) groups excluding carboxylic acids is 2. The fourth-order valence-electron chi connectivity index (χ4n) is 5.61. The number of esters is 1. The summed E-state index contributed by atoms with van der Waals surface area (Å²) >= 11 is 0. The molecular formula is C22H28O6. The Bertz CT molecular complexity index is 794. The lowest BCUT2D eigenvalue weighted by Gasteiger charge is -2.58. The lowest BCUT2D eigenvalue weighted by atomic mass is 9.46. The largest absolute Gasteiger partial charge is 0.481 e. The van der Waals surface area contributed by atoms with E-state index in [0.717, 1.165) is 5.57 Å². The number of ketones is 1. The van der Waals surface area contributed by atoms with Gasteiger partial charge >= 0.3 is 11.9 Å². The van der Waals surface area contributed by atoms with E-state index >= 15 is 0 Å². The highest BCUT2D eigenvalue weighted by Gasteiger charge is 2.62. The van der Waals surface area contributed by atoms with E-state index in [0.29, 0.717) is 31.2 Å². The Kier molecular flexibility index (Phi) is 5.26. The lowest BCUT2D eigenvalue weighted by Crippen LogP contribution is -2.60. The SMILES string of the molecule is C=C1CC[C@H]2[C@@](C)(CC[C@@H](OC(C)=O)[C@]2(C)C(=O)O)[C@@H]1CC(=O)c1ccoc1. The van der Waals surface area contributed by atoms with E-state index < -0.39 is 28.9 Å². The quantitative estimate of drug-likeness (QED) is 0.460. The average Bonchev–Trinajstić information content (AvgIpc) is 3.15. The fraction of sp³-hybridized carbons (Fsp3) is 0.591. The Morgan fingerprint density at radius 2 is 2.04 bits per heavy atom. The van der Waals surface area contributed by atoms with Crippen molar-refractivity contribution in [1.82, 2.24) is 0 Å². The third-order valence-electron chi connectivity index (χ3n) is 7.18. The van der Waals surface area contributed by atoms with E-state index in [4.69, 9.17) is 9.15 Å². The van der Waals surface area contributed by atoms with E-state index in [-0.39, 0.29) is 24.0 Å². The molecule has 0 spiro atoms. The van der Waals surface area contributed by atoms with E-state index in [1.165, 1.54) is 19.5 Å². The Hall–Kier alpha value is -2.37. The number of hydrogen-bond donors (Lipinski definition) is 1. The third-order valence-corrected chi connectivity index (χ3v) is 7.18. The smallest absolute Gasteiger partial charge is 0.313 e. The van der Waals surface area contributed by atoms with Gasteiger partial charge in [-0.15, -0.1) is 0 Å². The van der Waals surface area contributed by atoms with Gasteiger partial charge in [0.2, 0.25) is 0 Å². The van der Waals surface area contributed by atoms with Crippen molar-refractivity contribution >= 4 is 17.7 Å². The first-order chi connectivity index (χ1) is 13.1. The summed E-state index contributed by atoms with van der Waals surface area (Å²) in [6.45, 7) is 9.29. The van der Waals surface area contributed by atoms with Crippen LogP contribution in [0.4, 0.5) is 0 Å². The van der Waals surface area contributed by atoms with Gasteiger partial charge in [0.1, 0.15) is 17.8 Å². The number of Topliss-reactive ketones (excluding diaryl/α,β-unsaturated/α-hetero) is 1. The molecule has 0 radical (unpaired) electrons. The highest BCUT2D eigenvalue weighted by atomic mass is 16.5. The van der Waals surface area contributed by atoms with Gasteiger partial charge in [0, 0.05) is 13.3 Å². The predicted octanol–water partition coefficient (Wildman–Crippen LogP) is 4.26. The molecule has 3 rings (SSSR count). The van der Waals surface area contributed by atoms with Crippen molar-refractivity contribution in [2.24, 2.45) is 22.7 Å². The van der Waals surface area contributed by atoms with E-state index in [1.807, 2.05) is 0 Å². The van der Waals surface area contributed by atoms with Gasteiger partial charge in [-0.2, -0.15) is 0 Å². The van der Waals surface area contributed by atoms with Crippen LogP contribution in [0.5, 0.6) is 0 Å². The number of carboxylic acids is 1. The van der Waals surface area contributed by atoms with Crippen molar-refractivity contribution in [2.75, 3.05) is 0 Å². The van der Waals surface area contributed by atoms with Gasteiger partial charge in [0.15, 0.2) is 5.78 Å². The molecule has 0 bridgehead atoms. The second-order valence-electron chi connectivity index (χ2n) is 8.67. The average molecular weight is 388 g/mol. The Morgan fingerprint density at radius 1 is 1.32 bits per heavy atom. The molecule has 1 aromatic rings. The zero-order valence-electron chi connectivity index (χ0n) is 16.7. The summed E-state index contributed by atoms with van der Waals surface area (Å²) < 4.78 is 10.5. The maximum atomic E-state index is 12.8. The minimum Gasteiger partial charge on any atom is -0.481 e. The molecule has 2 saturated carbocycles.